The Kier molecular flexibility index (Phi) is 5.35. The minimum atomic E-state index is -0.245. The van der Waals surface area contributed by atoms with Crippen LogP contribution >= 0.6 is 0 Å². The maximum absolute atomic E-state index is 13.2. The smallest absolute Gasteiger partial charge is 0.127 e. The van der Waals surface area contributed by atoms with E-state index >= 15 is 0 Å². The zero-order valence-corrected chi connectivity index (χ0v) is 15.0. The number of ether oxygens (including phenoxy) is 2. The molecule has 0 saturated heterocycles. The third-order valence-electron chi connectivity index (χ3n) is 4.64. The fraction of sp³-hybridized carbons (Fsp3) is 0.217. The molecule has 4 heteroatoms. The van der Waals surface area contributed by atoms with E-state index in [1.165, 1.54) is 17.7 Å². The van der Waals surface area contributed by atoms with Crippen LogP contribution in [0.2, 0.25) is 0 Å². The van der Waals surface area contributed by atoms with Crippen LogP contribution in [-0.2, 0) is 17.9 Å². The molecule has 27 heavy (non-hydrogen) atoms. The highest BCUT2D eigenvalue weighted by atomic mass is 19.1. The van der Waals surface area contributed by atoms with Crippen molar-refractivity contribution in [2.75, 3.05) is 6.54 Å². The van der Waals surface area contributed by atoms with Crippen LogP contribution in [0, 0.1) is 11.7 Å². The van der Waals surface area contributed by atoms with Gasteiger partial charge in [0.1, 0.15) is 30.0 Å². The Morgan fingerprint density at radius 3 is 2.63 bits per heavy atom. The number of nitrogens with one attached hydrogen (secondary N) is 1. The lowest BCUT2D eigenvalue weighted by Crippen LogP contribution is -2.18. The molecule has 0 spiro atoms. The average molecular weight is 363 g/mol. The first-order chi connectivity index (χ1) is 13.3. The van der Waals surface area contributed by atoms with E-state index in [9.17, 15) is 4.39 Å². The Morgan fingerprint density at radius 2 is 1.81 bits per heavy atom. The maximum atomic E-state index is 13.2. The van der Waals surface area contributed by atoms with Gasteiger partial charge in [0.2, 0.25) is 0 Å². The van der Waals surface area contributed by atoms with Crippen molar-refractivity contribution in [3.63, 3.8) is 0 Å². The van der Waals surface area contributed by atoms with Gasteiger partial charge in [0.15, 0.2) is 0 Å². The lowest BCUT2D eigenvalue weighted by atomic mass is 9.99. The number of hydrogen-bond donors (Lipinski definition) is 1. The molecule has 2 aromatic carbocycles. The van der Waals surface area contributed by atoms with Crippen LogP contribution < -0.4 is 10.1 Å². The van der Waals surface area contributed by atoms with Crippen molar-refractivity contribution in [1.29, 1.82) is 0 Å². The summed E-state index contributed by atoms with van der Waals surface area (Å²) in [7, 11) is 0. The molecule has 1 unspecified atom stereocenters. The van der Waals surface area contributed by atoms with Gasteiger partial charge in [-0.25, -0.2) is 4.39 Å². The Morgan fingerprint density at radius 1 is 0.963 bits per heavy atom. The van der Waals surface area contributed by atoms with Crippen LogP contribution in [-0.4, -0.2) is 12.6 Å². The van der Waals surface area contributed by atoms with E-state index in [4.69, 9.17) is 9.47 Å². The molecule has 1 aliphatic heterocycles. The first-order valence-electron chi connectivity index (χ1n) is 9.15. The molecule has 1 aliphatic carbocycles. The predicted octanol–water partition coefficient (Wildman–Crippen LogP) is 4.52. The number of allylic oxidation sites excluding steroid dienone is 2. The normalized spacial score (nSPS) is 20.1. The maximum Gasteiger partial charge on any atom is 0.127 e. The summed E-state index contributed by atoms with van der Waals surface area (Å²) >= 11 is 0. The summed E-state index contributed by atoms with van der Waals surface area (Å²) in [5.41, 5.74) is 1.99. The SMILES string of the molecule is Fc1cccc(COc2ccc(CNCC3=CC4C=CC=C[C@@H]4O3)cc2)c1. The second-order valence-corrected chi connectivity index (χ2v) is 6.73. The van der Waals surface area contributed by atoms with E-state index in [1.807, 2.05) is 36.4 Å². The molecular weight excluding hydrogens is 341 g/mol. The van der Waals surface area contributed by atoms with E-state index in [1.54, 1.807) is 6.07 Å². The minimum Gasteiger partial charge on any atom is -0.489 e. The molecule has 2 aromatic rings. The molecule has 1 N–H and O–H groups in total. The number of rotatable bonds is 7. The molecule has 0 aromatic heterocycles. The van der Waals surface area contributed by atoms with Crippen molar-refractivity contribution in [2.24, 2.45) is 5.92 Å². The molecule has 0 amide bonds. The highest BCUT2D eigenvalue weighted by Gasteiger charge is 2.25. The Balaban J connectivity index is 1.22. The predicted molar refractivity (Wildman–Crippen MR) is 104 cm³/mol. The lowest BCUT2D eigenvalue weighted by molar-refractivity contribution is 0.159. The summed E-state index contributed by atoms with van der Waals surface area (Å²) in [4.78, 5) is 0. The number of benzene rings is 2. The van der Waals surface area contributed by atoms with Crippen LogP contribution in [0.1, 0.15) is 11.1 Å². The van der Waals surface area contributed by atoms with Gasteiger partial charge in [-0.2, -0.15) is 0 Å². The van der Waals surface area contributed by atoms with Gasteiger partial charge < -0.3 is 14.8 Å². The number of halogens is 1. The third kappa shape index (κ3) is 4.66. The monoisotopic (exact) mass is 363 g/mol. The van der Waals surface area contributed by atoms with E-state index < -0.39 is 0 Å². The topological polar surface area (TPSA) is 30.5 Å². The fourth-order valence-electron chi connectivity index (χ4n) is 3.23. The summed E-state index contributed by atoms with van der Waals surface area (Å²) in [5, 5.41) is 3.41. The van der Waals surface area contributed by atoms with Crippen molar-refractivity contribution in [3.05, 3.63) is 102 Å². The van der Waals surface area contributed by atoms with Gasteiger partial charge in [-0.1, -0.05) is 42.5 Å². The van der Waals surface area contributed by atoms with Gasteiger partial charge in [-0.05, 0) is 47.5 Å². The standard InChI is InChI=1S/C23H22FNO2/c24-20-6-3-4-18(12-20)16-26-21-10-8-17(9-11-21)14-25-15-22-13-19-5-1-2-7-23(19)27-22/h1-13,19,23,25H,14-16H2/t19?,23-/m0/s1. The first-order valence-corrected chi connectivity index (χ1v) is 9.15. The Labute approximate surface area is 158 Å². The van der Waals surface area contributed by atoms with E-state index in [0.717, 1.165) is 23.6 Å². The van der Waals surface area contributed by atoms with Crippen molar-refractivity contribution in [2.45, 2.75) is 19.3 Å². The van der Waals surface area contributed by atoms with Crippen molar-refractivity contribution in [3.8, 4) is 5.75 Å². The van der Waals surface area contributed by atoms with Gasteiger partial charge in [0, 0.05) is 12.5 Å². The average Bonchev–Trinajstić information content (AvgIpc) is 3.10. The summed E-state index contributed by atoms with van der Waals surface area (Å²) < 4.78 is 24.8. The minimum absolute atomic E-state index is 0.154. The highest BCUT2D eigenvalue weighted by molar-refractivity contribution is 5.28. The summed E-state index contributed by atoms with van der Waals surface area (Å²) in [6.07, 6.45) is 10.7. The zero-order chi connectivity index (χ0) is 18.5. The van der Waals surface area contributed by atoms with Gasteiger partial charge in [0.25, 0.3) is 0 Å². The second-order valence-electron chi connectivity index (χ2n) is 6.73. The molecule has 3 nitrogen and oxygen atoms in total. The second kappa shape index (κ2) is 8.23. The van der Waals surface area contributed by atoms with E-state index in [-0.39, 0.29) is 11.9 Å². The molecule has 138 valence electrons. The van der Waals surface area contributed by atoms with Crippen LogP contribution in [0.5, 0.6) is 5.75 Å². The fourth-order valence-corrected chi connectivity index (χ4v) is 3.23. The van der Waals surface area contributed by atoms with Gasteiger partial charge in [0.05, 0.1) is 6.54 Å². The molecule has 0 saturated carbocycles. The van der Waals surface area contributed by atoms with Gasteiger partial charge in [-0.3, -0.25) is 0 Å². The Hall–Kier alpha value is -2.85. The van der Waals surface area contributed by atoms with E-state index in [0.29, 0.717) is 19.1 Å². The molecule has 1 heterocycles. The highest BCUT2D eigenvalue weighted by Crippen LogP contribution is 2.27. The van der Waals surface area contributed by atoms with Gasteiger partial charge in [-0.15, -0.1) is 0 Å². The molecule has 0 radical (unpaired) electrons. The molecule has 4 rings (SSSR count). The van der Waals surface area contributed by atoms with Crippen LogP contribution in [0.15, 0.2) is 84.7 Å². The first kappa shape index (κ1) is 17.6. The molecule has 2 aliphatic rings. The number of hydrogen-bond acceptors (Lipinski definition) is 3. The summed E-state index contributed by atoms with van der Waals surface area (Å²) in [6.45, 7) is 1.82. The summed E-state index contributed by atoms with van der Waals surface area (Å²) in [5.74, 6) is 1.88. The largest absolute Gasteiger partial charge is 0.489 e. The summed E-state index contributed by atoms with van der Waals surface area (Å²) in [6, 6.07) is 14.4. The van der Waals surface area contributed by atoms with E-state index in [2.05, 4.69) is 29.6 Å². The van der Waals surface area contributed by atoms with Crippen molar-refractivity contribution in [1.82, 2.24) is 5.32 Å². The molecule has 0 bridgehead atoms. The molecule has 0 fully saturated rings. The zero-order valence-electron chi connectivity index (χ0n) is 15.0. The van der Waals surface area contributed by atoms with Crippen molar-refractivity contribution >= 4 is 0 Å². The molecular formula is C23H22FNO2. The molecule has 2 atom stereocenters. The van der Waals surface area contributed by atoms with Crippen LogP contribution in [0.3, 0.4) is 0 Å². The quantitative estimate of drug-likeness (QED) is 0.785. The van der Waals surface area contributed by atoms with Crippen LogP contribution in [0.25, 0.3) is 0 Å². The Bertz CT molecular complexity index is 870. The lowest BCUT2D eigenvalue weighted by Gasteiger charge is -2.15. The van der Waals surface area contributed by atoms with Gasteiger partial charge >= 0.3 is 0 Å². The van der Waals surface area contributed by atoms with Crippen molar-refractivity contribution < 1.29 is 13.9 Å². The van der Waals surface area contributed by atoms with Crippen LogP contribution in [0.4, 0.5) is 4.39 Å². The number of fused-ring (bicyclic) bond motifs is 1. The third-order valence-corrected chi connectivity index (χ3v) is 4.64.